The van der Waals surface area contributed by atoms with E-state index in [9.17, 15) is 4.79 Å². The summed E-state index contributed by atoms with van der Waals surface area (Å²) < 4.78 is 0. The summed E-state index contributed by atoms with van der Waals surface area (Å²) in [7, 11) is 0. The van der Waals surface area contributed by atoms with Crippen LogP contribution in [0.2, 0.25) is 0 Å². The number of ketones is 1. The first-order valence-electron chi connectivity index (χ1n) is 8.21. The van der Waals surface area contributed by atoms with E-state index in [-0.39, 0.29) is 11.7 Å². The second-order valence-corrected chi connectivity index (χ2v) is 5.98. The number of carbonyl (C=O) groups excluding carboxylic acids is 1. The topological polar surface area (TPSA) is 17.1 Å². The maximum absolute atomic E-state index is 12.3. The number of Topliss-reactive ketones (excluding diaryl/α,β-unsaturated/α-hetero) is 1. The zero-order valence-electron chi connectivity index (χ0n) is 13.7. The second-order valence-electron chi connectivity index (χ2n) is 5.98. The van der Waals surface area contributed by atoms with Crippen LogP contribution in [0.1, 0.15) is 69.7 Å². The first kappa shape index (κ1) is 17.5. The van der Waals surface area contributed by atoms with Crippen molar-refractivity contribution in [2.45, 2.75) is 59.3 Å². The van der Waals surface area contributed by atoms with Gasteiger partial charge in [0.15, 0.2) is 5.78 Å². The zero-order valence-corrected chi connectivity index (χ0v) is 13.7. The number of rotatable bonds is 8. The highest BCUT2D eigenvalue weighted by Crippen LogP contribution is 2.17. The molecule has 0 bridgehead atoms. The third kappa shape index (κ3) is 7.14. The Hall–Kier alpha value is -1.55. The second kappa shape index (κ2) is 10.2. The Morgan fingerprint density at radius 3 is 2.43 bits per heavy atom. The lowest BCUT2D eigenvalue weighted by atomic mass is 9.89. The van der Waals surface area contributed by atoms with Crippen molar-refractivity contribution >= 4 is 5.78 Å². The largest absolute Gasteiger partial charge is 0.294 e. The molecular weight excluding hydrogens is 256 g/mol. The van der Waals surface area contributed by atoms with E-state index < -0.39 is 0 Å². The summed E-state index contributed by atoms with van der Waals surface area (Å²) >= 11 is 0. The molecule has 0 saturated carbocycles. The molecule has 0 amide bonds. The maximum Gasteiger partial charge on any atom is 0.164 e. The minimum absolute atomic E-state index is 0.170. The SMILES string of the molecule is CCCCCCC#CC(CC(=O)c1ccccc1)C(C)C. The summed E-state index contributed by atoms with van der Waals surface area (Å²) in [5.41, 5.74) is 0.799. The van der Waals surface area contributed by atoms with Crippen LogP contribution in [-0.2, 0) is 0 Å². The van der Waals surface area contributed by atoms with Crippen LogP contribution in [0.15, 0.2) is 30.3 Å². The molecule has 1 unspecified atom stereocenters. The monoisotopic (exact) mass is 284 g/mol. The number of unbranched alkanes of at least 4 members (excludes halogenated alkanes) is 4. The van der Waals surface area contributed by atoms with Crippen molar-refractivity contribution < 1.29 is 4.79 Å². The average molecular weight is 284 g/mol. The summed E-state index contributed by atoms with van der Waals surface area (Å²) in [5.74, 6) is 7.40. The Bertz CT molecular complexity index is 462. The van der Waals surface area contributed by atoms with Crippen molar-refractivity contribution in [3.63, 3.8) is 0 Å². The van der Waals surface area contributed by atoms with Gasteiger partial charge in [0.2, 0.25) is 0 Å². The third-order valence-corrected chi connectivity index (χ3v) is 3.75. The highest BCUT2D eigenvalue weighted by Gasteiger charge is 2.16. The van der Waals surface area contributed by atoms with E-state index in [2.05, 4.69) is 32.6 Å². The van der Waals surface area contributed by atoms with Gasteiger partial charge in [-0.25, -0.2) is 0 Å². The Labute approximate surface area is 130 Å². The van der Waals surface area contributed by atoms with Gasteiger partial charge in [-0.2, -0.15) is 0 Å². The minimum Gasteiger partial charge on any atom is -0.294 e. The lowest BCUT2D eigenvalue weighted by molar-refractivity contribution is 0.0962. The normalized spacial score (nSPS) is 11.8. The maximum atomic E-state index is 12.3. The molecule has 0 heterocycles. The van der Waals surface area contributed by atoms with Crippen LogP contribution in [0.25, 0.3) is 0 Å². The van der Waals surface area contributed by atoms with E-state index in [4.69, 9.17) is 0 Å². The van der Waals surface area contributed by atoms with E-state index in [0.29, 0.717) is 12.3 Å². The molecule has 0 radical (unpaired) electrons. The molecule has 0 spiro atoms. The molecule has 0 saturated heterocycles. The van der Waals surface area contributed by atoms with Gasteiger partial charge in [-0.05, 0) is 12.3 Å². The van der Waals surface area contributed by atoms with Crippen molar-refractivity contribution in [2.75, 3.05) is 0 Å². The number of hydrogen-bond donors (Lipinski definition) is 0. The van der Waals surface area contributed by atoms with Gasteiger partial charge in [0.05, 0.1) is 0 Å². The van der Waals surface area contributed by atoms with Gasteiger partial charge in [0.1, 0.15) is 0 Å². The standard InChI is InChI=1S/C20H28O/c1-4-5-6-7-8-10-15-19(17(2)3)16-20(21)18-13-11-9-12-14-18/h9,11-14,17,19H,4-8,16H2,1-3H3. The molecule has 0 aliphatic carbocycles. The molecule has 0 aromatic heterocycles. The minimum atomic E-state index is 0.170. The van der Waals surface area contributed by atoms with E-state index in [1.165, 1.54) is 25.7 Å². The third-order valence-electron chi connectivity index (χ3n) is 3.75. The molecule has 1 aromatic carbocycles. The molecule has 0 fully saturated rings. The predicted molar refractivity (Wildman–Crippen MR) is 90.3 cm³/mol. The van der Waals surface area contributed by atoms with Gasteiger partial charge in [-0.3, -0.25) is 4.79 Å². The molecule has 1 rings (SSSR count). The molecule has 0 aliphatic heterocycles. The summed E-state index contributed by atoms with van der Waals surface area (Å²) in [5, 5.41) is 0. The Morgan fingerprint density at radius 1 is 1.10 bits per heavy atom. The number of hydrogen-bond acceptors (Lipinski definition) is 1. The molecular formula is C20H28O. The van der Waals surface area contributed by atoms with E-state index in [0.717, 1.165) is 12.0 Å². The molecule has 0 aliphatic rings. The van der Waals surface area contributed by atoms with Crippen LogP contribution in [0.3, 0.4) is 0 Å². The average Bonchev–Trinajstić information content (AvgIpc) is 2.50. The van der Waals surface area contributed by atoms with Crippen LogP contribution < -0.4 is 0 Å². The van der Waals surface area contributed by atoms with Crippen LogP contribution >= 0.6 is 0 Å². The van der Waals surface area contributed by atoms with Crippen LogP contribution in [0.5, 0.6) is 0 Å². The zero-order chi connectivity index (χ0) is 15.5. The predicted octanol–water partition coefficient (Wildman–Crippen LogP) is 5.51. The van der Waals surface area contributed by atoms with Gasteiger partial charge in [-0.15, -0.1) is 5.92 Å². The summed E-state index contributed by atoms with van der Waals surface area (Å²) in [6.07, 6.45) is 6.49. The Kier molecular flexibility index (Phi) is 8.51. The van der Waals surface area contributed by atoms with Crippen LogP contribution in [0.4, 0.5) is 0 Å². The number of carbonyl (C=O) groups is 1. The lowest BCUT2D eigenvalue weighted by Gasteiger charge is -2.13. The van der Waals surface area contributed by atoms with Crippen LogP contribution in [-0.4, -0.2) is 5.78 Å². The molecule has 0 N–H and O–H groups in total. The van der Waals surface area contributed by atoms with Crippen LogP contribution in [0, 0.1) is 23.7 Å². The van der Waals surface area contributed by atoms with Gasteiger partial charge >= 0.3 is 0 Å². The molecule has 1 heteroatoms. The van der Waals surface area contributed by atoms with Crippen molar-refractivity contribution in [1.29, 1.82) is 0 Å². The fourth-order valence-electron chi connectivity index (χ4n) is 2.24. The fraction of sp³-hybridized carbons (Fsp3) is 0.550. The first-order valence-corrected chi connectivity index (χ1v) is 8.21. The Morgan fingerprint density at radius 2 is 1.81 bits per heavy atom. The highest BCUT2D eigenvalue weighted by atomic mass is 16.1. The lowest BCUT2D eigenvalue weighted by Crippen LogP contribution is -2.12. The van der Waals surface area contributed by atoms with E-state index >= 15 is 0 Å². The van der Waals surface area contributed by atoms with Gasteiger partial charge < -0.3 is 0 Å². The highest BCUT2D eigenvalue weighted by molar-refractivity contribution is 5.96. The number of benzene rings is 1. The Balaban J connectivity index is 2.50. The smallest absolute Gasteiger partial charge is 0.164 e. The summed E-state index contributed by atoms with van der Waals surface area (Å²) in [6.45, 7) is 6.51. The van der Waals surface area contributed by atoms with Gasteiger partial charge in [0, 0.05) is 24.3 Å². The quantitative estimate of drug-likeness (QED) is 0.350. The first-order chi connectivity index (χ1) is 10.1. The van der Waals surface area contributed by atoms with Crippen molar-refractivity contribution in [3.8, 4) is 11.8 Å². The van der Waals surface area contributed by atoms with Gasteiger partial charge in [-0.1, -0.05) is 76.3 Å². The van der Waals surface area contributed by atoms with Crippen molar-refractivity contribution in [3.05, 3.63) is 35.9 Å². The molecule has 1 atom stereocenters. The van der Waals surface area contributed by atoms with Crippen molar-refractivity contribution in [1.82, 2.24) is 0 Å². The molecule has 1 nitrogen and oxygen atoms in total. The fourth-order valence-corrected chi connectivity index (χ4v) is 2.24. The molecule has 1 aromatic rings. The van der Waals surface area contributed by atoms with E-state index in [1.54, 1.807) is 0 Å². The van der Waals surface area contributed by atoms with Crippen molar-refractivity contribution in [2.24, 2.45) is 11.8 Å². The van der Waals surface area contributed by atoms with Gasteiger partial charge in [0.25, 0.3) is 0 Å². The summed E-state index contributed by atoms with van der Waals surface area (Å²) in [6, 6.07) is 9.54. The molecule has 21 heavy (non-hydrogen) atoms. The summed E-state index contributed by atoms with van der Waals surface area (Å²) in [4.78, 5) is 12.3. The van der Waals surface area contributed by atoms with E-state index in [1.807, 2.05) is 30.3 Å². The molecule has 114 valence electrons.